The second-order valence-corrected chi connectivity index (χ2v) is 31.2. The van der Waals surface area contributed by atoms with Gasteiger partial charge in [0.1, 0.15) is 171 Å². The van der Waals surface area contributed by atoms with E-state index in [9.17, 15) is 123 Å². The Kier molecular flexibility index (Phi) is 50.8. The maximum atomic E-state index is 10.5. The highest BCUT2D eigenvalue weighted by molar-refractivity contribution is 7.80. The van der Waals surface area contributed by atoms with Crippen molar-refractivity contribution in [2.45, 2.75) is 376 Å². The van der Waals surface area contributed by atoms with E-state index in [1.165, 1.54) is 0 Å². The second kappa shape index (κ2) is 55.4. The molecular weight excluding hydrogens is 1630 g/mol. The van der Waals surface area contributed by atoms with Crippen LogP contribution in [0.15, 0.2) is 0 Å². The van der Waals surface area contributed by atoms with Crippen LogP contribution in [0.5, 0.6) is 0 Å². The zero-order valence-electron chi connectivity index (χ0n) is 65.9. The fourth-order valence-electron chi connectivity index (χ4n) is 13.7. The van der Waals surface area contributed by atoms with Crippen LogP contribution in [0, 0.1) is 0 Å². The summed E-state index contributed by atoms with van der Waals surface area (Å²) in [6.45, 7) is 7.47. The molecule has 0 saturated carbocycles. The number of aliphatic hydroxyl groups excluding tert-OH is 24. The summed E-state index contributed by atoms with van der Waals surface area (Å²) in [5.74, 6) is 0.200. The highest BCUT2D eigenvalue weighted by atomic mass is 32.1. The van der Waals surface area contributed by atoms with Crippen molar-refractivity contribution in [1.82, 2.24) is 0 Å². The average molecular weight is 1770 g/mol. The van der Waals surface area contributed by atoms with Crippen LogP contribution in [0.2, 0.25) is 0 Å². The second-order valence-electron chi connectivity index (χ2n) is 29.7. The Balaban J connectivity index is 0.000000276. The molecule has 0 radical (unpaired) electrons. The number of rotatable bonds is 40. The molecule has 8 fully saturated rings. The molecule has 40 nitrogen and oxygen atoms in total. The fraction of sp³-hybridized carbons (Fsp3) is 1.00. The minimum Gasteiger partial charge on any atom is -0.394 e. The zero-order chi connectivity index (χ0) is 86.2. The quantitative estimate of drug-likeness (QED) is 0.0200. The number of ether oxygens (including phenoxy) is 16. The summed E-state index contributed by atoms with van der Waals surface area (Å²) >= 11 is 16.1. The molecule has 0 aromatic rings. The summed E-state index contributed by atoms with van der Waals surface area (Å²) in [6.07, 6.45) is -37.7. The van der Waals surface area contributed by atoms with Gasteiger partial charge in [-0.05, 0) is 25.7 Å². The maximum Gasteiger partial charge on any atom is 0.187 e. The molecule has 16 unspecified atom stereocenters. The third-order valence-electron chi connectivity index (χ3n) is 21.0. The summed E-state index contributed by atoms with van der Waals surface area (Å²) in [6, 6.07) is 0. The number of hydrogen-bond donors (Lipinski definition) is 28. The highest BCUT2D eigenvalue weighted by Gasteiger charge is 2.56. The lowest BCUT2D eigenvalue weighted by Gasteiger charge is -2.46. The van der Waals surface area contributed by atoms with Crippen molar-refractivity contribution >= 4 is 50.5 Å². The van der Waals surface area contributed by atoms with Gasteiger partial charge in [-0.1, -0.05) is 105 Å². The van der Waals surface area contributed by atoms with Crippen molar-refractivity contribution < 1.29 is 198 Å². The minimum absolute atomic E-state index is 0.0501. The molecule has 688 valence electrons. The van der Waals surface area contributed by atoms with Gasteiger partial charge < -0.3 is 198 Å². The first-order chi connectivity index (χ1) is 55.4. The molecule has 0 aromatic carbocycles. The molecule has 0 aliphatic carbocycles. The van der Waals surface area contributed by atoms with Gasteiger partial charge in [0.05, 0.1) is 50.8 Å². The van der Waals surface area contributed by atoms with Crippen LogP contribution in [0.25, 0.3) is 0 Å². The van der Waals surface area contributed by atoms with Crippen molar-refractivity contribution in [2.24, 2.45) is 0 Å². The number of thiol groups is 4. The van der Waals surface area contributed by atoms with E-state index in [4.69, 9.17) is 75.8 Å². The first-order valence-corrected chi connectivity index (χ1v) is 42.7. The first-order valence-electron chi connectivity index (χ1n) is 40.2. The Bertz CT molecular complexity index is 2200. The van der Waals surface area contributed by atoms with Crippen molar-refractivity contribution in [3.8, 4) is 0 Å². The molecule has 8 rings (SSSR count). The lowest BCUT2D eigenvalue weighted by molar-refractivity contribution is -0.356. The molecule has 24 N–H and O–H groups in total. The zero-order valence-corrected chi connectivity index (χ0v) is 69.5. The van der Waals surface area contributed by atoms with E-state index in [-0.39, 0.29) is 23.0 Å². The standard InChI is InChI=1S/4C18H34O10S/c4*1-2-3-4-5-6-25-17-15(24)13(22)16(9(7-19)26-17)28-18-14(23)12(21)11(20)10(8-29)27-18/h4*9-24,29H,2-8H2,1H3/t9?,10?,11-,12-,13+,14?,15?,16+,17+,18-;9?,10?,11-,12-,13+,14?,15?,16+,17-,18-;2*9?,10?,11-,12-,13+,14?,15?,16-,17+,18-/m0000/s1. The normalized spacial score (nSPS) is 43.4. The maximum absolute atomic E-state index is 10.5. The molecule has 0 bridgehead atoms. The molecule has 44 heteroatoms. The van der Waals surface area contributed by atoms with E-state index in [0.29, 0.717) is 26.4 Å². The van der Waals surface area contributed by atoms with E-state index >= 15 is 0 Å². The number of aliphatic hydroxyl groups is 24. The van der Waals surface area contributed by atoms with Gasteiger partial charge >= 0.3 is 0 Å². The SMILES string of the molecule is CCCCCCO[C@@H]1OC(CO)[C@@H](O[C@@H]2OC(CS)[C@H](O)[C@H](O)C2O)[C@H](O)C1O.CCCCCCO[C@@H]1OC(CO)[C@H](O[C@@H]2OC(CS)[C@H](O)[C@H](O)C2O)[C@H](O)C1O.CCCCCCO[C@@H]1OC(CO)[C@H](O[C@@H]2OC(CS)[C@H](O)[C@H](O)C2O)[C@H](O)C1O.CCCCCCO[C@H]1OC(CO)[C@@H](O[C@@H]2OC(CS)[C@H](O)[C@H](O)C2O)[C@H](O)C1O. The molecule has 116 heavy (non-hydrogen) atoms. The molecule has 8 heterocycles. The Labute approximate surface area is 697 Å². The van der Waals surface area contributed by atoms with Crippen LogP contribution >= 0.6 is 50.5 Å². The van der Waals surface area contributed by atoms with Crippen LogP contribution in [0.4, 0.5) is 0 Å². The van der Waals surface area contributed by atoms with E-state index in [1.807, 2.05) is 0 Å². The molecule has 8 aliphatic heterocycles. The monoisotopic (exact) mass is 1770 g/mol. The molecule has 40 atom stereocenters. The van der Waals surface area contributed by atoms with E-state index in [1.54, 1.807) is 0 Å². The van der Waals surface area contributed by atoms with Gasteiger partial charge in [-0.3, -0.25) is 0 Å². The molecular formula is C72H136O40S4. The lowest BCUT2D eigenvalue weighted by Crippen LogP contribution is -2.64. The Morgan fingerprint density at radius 3 is 0.517 bits per heavy atom. The number of hydrogen-bond acceptors (Lipinski definition) is 44. The van der Waals surface area contributed by atoms with Gasteiger partial charge in [-0.25, -0.2) is 0 Å². The van der Waals surface area contributed by atoms with Crippen molar-refractivity contribution in [2.75, 3.05) is 75.9 Å². The summed E-state index contributed by atoms with van der Waals surface area (Å²) in [7, 11) is 0. The van der Waals surface area contributed by atoms with Gasteiger partial charge in [0.25, 0.3) is 0 Å². The first kappa shape index (κ1) is 106. The third kappa shape index (κ3) is 30.0. The number of unbranched alkanes of at least 4 members (excludes halogenated alkanes) is 12. The van der Waals surface area contributed by atoms with Crippen LogP contribution in [-0.4, -0.2) is 444 Å². The lowest BCUT2D eigenvalue weighted by atomic mass is 9.97. The van der Waals surface area contributed by atoms with Crippen LogP contribution in [-0.2, 0) is 75.8 Å². The topological polar surface area (TPSA) is 633 Å². The van der Waals surface area contributed by atoms with Crippen LogP contribution in [0.1, 0.15) is 130 Å². The van der Waals surface area contributed by atoms with Gasteiger partial charge in [-0.15, -0.1) is 0 Å². The summed E-state index contributed by atoms with van der Waals surface area (Å²) < 4.78 is 88.1. The van der Waals surface area contributed by atoms with Crippen molar-refractivity contribution in [1.29, 1.82) is 0 Å². The Morgan fingerprint density at radius 2 is 0.362 bits per heavy atom. The van der Waals surface area contributed by atoms with Gasteiger partial charge in [0, 0.05) is 49.4 Å². The summed E-state index contributed by atoms with van der Waals surface area (Å²) in [4.78, 5) is 0. The Hall–Kier alpha value is -0.200. The summed E-state index contributed by atoms with van der Waals surface area (Å²) in [5.41, 5.74) is 0. The van der Waals surface area contributed by atoms with E-state index < -0.39 is 272 Å². The molecule has 0 spiro atoms. The molecule has 0 amide bonds. The van der Waals surface area contributed by atoms with Gasteiger partial charge in [0.2, 0.25) is 0 Å². The summed E-state index contributed by atoms with van der Waals surface area (Å²) in [5, 5.41) is 242. The van der Waals surface area contributed by atoms with E-state index in [2.05, 4.69) is 78.2 Å². The molecule has 8 saturated heterocycles. The Morgan fingerprint density at radius 1 is 0.198 bits per heavy atom. The van der Waals surface area contributed by atoms with E-state index in [0.717, 1.165) is 103 Å². The third-order valence-corrected chi connectivity index (χ3v) is 22.4. The molecule has 8 aliphatic rings. The average Bonchev–Trinajstić information content (AvgIpc) is 0.798. The highest BCUT2D eigenvalue weighted by Crippen LogP contribution is 2.36. The largest absolute Gasteiger partial charge is 0.394 e. The fourth-order valence-corrected chi connectivity index (χ4v) is 14.9. The molecule has 0 aromatic heterocycles. The van der Waals surface area contributed by atoms with Crippen LogP contribution in [0.3, 0.4) is 0 Å². The van der Waals surface area contributed by atoms with Crippen molar-refractivity contribution in [3.63, 3.8) is 0 Å². The van der Waals surface area contributed by atoms with Gasteiger partial charge in [0.15, 0.2) is 50.3 Å². The smallest absolute Gasteiger partial charge is 0.187 e. The predicted octanol–water partition coefficient (Wildman–Crippen LogP) is -7.42. The van der Waals surface area contributed by atoms with Gasteiger partial charge in [-0.2, -0.15) is 50.5 Å². The predicted molar refractivity (Wildman–Crippen MR) is 413 cm³/mol. The van der Waals surface area contributed by atoms with Crippen molar-refractivity contribution in [3.05, 3.63) is 0 Å². The van der Waals surface area contributed by atoms with Crippen LogP contribution < -0.4 is 0 Å². The minimum atomic E-state index is -1.61.